The third-order valence-electron chi connectivity index (χ3n) is 4.39. The van der Waals surface area contributed by atoms with E-state index in [1.54, 1.807) is 7.05 Å². The molecule has 2 aliphatic heterocycles. The van der Waals surface area contributed by atoms with E-state index in [-0.39, 0.29) is 12.1 Å². The zero-order chi connectivity index (χ0) is 14.1. The number of ether oxygens (including phenoxy) is 1. The predicted molar refractivity (Wildman–Crippen MR) is 72.5 cm³/mol. The molecule has 2 saturated heterocycles. The first-order valence-electron chi connectivity index (χ1n) is 7.17. The Labute approximate surface area is 117 Å². The van der Waals surface area contributed by atoms with E-state index in [9.17, 15) is 8.78 Å². The van der Waals surface area contributed by atoms with E-state index < -0.39 is 11.6 Å². The van der Waals surface area contributed by atoms with Crippen molar-refractivity contribution in [3.8, 4) is 0 Å². The summed E-state index contributed by atoms with van der Waals surface area (Å²) in [6.45, 7) is 2.53. The maximum atomic E-state index is 14.0. The van der Waals surface area contributed by atoms with Crippen LogP contribution < -0.4 is 5.32 Å². The Morgan fingerprint density at radius 2 is 2.25 bits per heavy atom. The molecule has 3 rings (SSSR count). The molecular formula is C15H20F2N2O. The lowest BCUT2D eigenvalue weighted by Crippen LogP contribution is -2.50. The first-order valence-corrected chi connectivity index (χ1v) is 7.17. The molecule has 0 aliphatic carbocycles. The smallest absolute Gasteiger partial charge is 0.128 e. The molecule has 1 aromatic carbocycles. The molecule has 5 heteroatoms. The highest BCUT2D eigenvalue weighted by Crippen LogP contribution is 2.29. The van der Waals surface area contributed by atoms with Gasteiger partial charge in [0.05, 0.1) is 18.8 Å². The minimum absolute atomic E-state index is 0.148. The zero-order valence-electron chi connectivity index (χ0n) is 11.6. The van der Waals surface area contributed by atoms with E-state index in [1.165, 1.54) is 25.0 Å². The Hall–Kier alpha value is -1.04. The summed E-state index contributed by atoms with van der Waals surface area (Å²) in [7, 11) is 1.76. The maximum absolute atomic E-state index is 14.0. The molecule has 3 unspecified atom stereocenters. The Balaban J connectivity index is 1.81. The summed E-state index contributed by atoms with van der Waals surface area (Å²) in [5.74, 6) is -0.811. The molecule has 0 bridgehead atoms. The van der Waals surface area contributed by atoms with Crippen LogP contribution in [0.15, 0.2) is 18.2 Å². The highest BCUT2D eigenvalue weighted by molar-refractivity contribution is 5.24. The van der Waals surface area contributed by atoms with Gasteiger partial charge in [0.2, 0.25) is 0 Å². The second kappa shape index (κ2) is 5.76. The van der Waals surface area contributed by atoms with E-state index >= 15 is 0 Å². The van der Waals surface area contributed by atoms with Crippen LogP contribution in [0.1, 0.15) is 24.4 Å². The van der Waals surface area contributed by atoms with Crippen LogP contribution in [-0.4, -0.2) is 43.8 Å². The zero-order valence-corrected chi connectivity index (χ0v) is 11.6. The molecule has 0 radical (unpaired) electrons. The average Bonchev–Trinajstić information content (AvgIpc) is 2.91. The van der Waals surface area contributed by atoms with Crippen molar-refractivity contribution in [2.75, 3.05) is 26.7 Å². The van der Waals surface area contributed by atoms with Gasteiger partial charge >= 0.3 is 0 Å². The lowest BCUT2D eigenvalue weighted by molar-refractivity contribution is -0.0647. The SMILES string of the molecule is CNC(c1cc(F)ccc1F)C1CN2CCCC2CO1. The molecule has 1 aromatic rings. The highest BCUT2D eigenvalue weighted by Gasteiger charge is 2.36. The summed E-state index contributed by atoms with van der Waals surface area (Å²) in [4.78, 5) is 2.40. The molecule has 2 aliphatic rings. The second-order valence-electron chi connectivity index (χ2n) is 5.59. The fraction of sp³-hybridized carbons (Fsp3) is 0.600. The molecule has 0 aromatic heterocycles. The van der Waals surface area contributed by atoms with E-state index in [0.717, 1.165) is 19.2 Å². The van der Waals surface area contributed by atoms with Gasteiger partial charge in [-0.2, -0.15) is 0 Å². The highest BCUT2D eigenvalue weighted by atomic mass is 19.1. The number of benzene rings is 1. The molecule has 2 fully saturated rings. The van der Waals surface area contributed by atoms with Gasteiger partial charge in [-0.05, 0) is 44.6 Å². The standard InChI is InChI=1S/C15H20F2N2O/c1-18-15(12-7-10(16)4-5-13(12)17)14-8-19-6-2-3-11(19)9-20-14/h4-5,7,11,14-15,18H,2-3,6,8-9H2,1H3. The summed E-state index contributed by atoms with van der Waals surface area (Å²) >= 11 is 0. The Bertz CT molecular complexity index is 483. The number of rotatable bonds is 3. The number of nitrogens with one attached hydrogen (secondary N) is 1. The van der Waals surface area contributed by atoms with Crippen molar-refractivity contribution in [3.05, 3.63) is 35.4 Å². The van der Waals surface area contributed by atoms with Crippen LogP contribution in [0.25, 0.3) is 0 Å². The van der Waals surface area contributed by atoms with Gasteiger partial charge in [0.1, 0.15) is 11.6 Å². The van der Waals surface area contributed by atoms with Crippen LogP contribution in [-0.2, 0) is 4.74 Å². The van der Waals surface area contributed by atoms with Gasteiger partial charge in [0, 0.05) is 18.2 Å². The van der Waals surface area contributed by atoms with Gasteiger partial charge in [-0.25, -0.2) is 8.78 Å². The van der Waals surface area contributed by atoms with E-state index in [1.807, 2.05) is 0 Å². The molecule has 2 heterocycles. The quantitative estimate of drug-likeness (QED) is 0.919. The molecular weight excluding hydrogens is 262 g/mol. The molecule has 3 nitrogen and oxygen atoms in total. The number of morpholine rings is 1. The van der Waals surface area contributed by atoms with Crippen molar-refractivity contribution < 1.29 is 13.5 Å². The Kier molecular flexibility index (Phi) is 4.01. The first kappa shape index (κ1) is 13.9. The lowest BCUT2D eigenvalue weighted by Gasteiger charge is -2.39. The van der Waals surface area contributed by atoms with Crippen molar-refractivity contribution in [1.29, 1.82) is 0 Å². The number of fused-ring (bicyclic) bond motifs is 1. The number of nitrogens with zero attached hydrogens (tertiary/aromatic N) is 1. The Morgan fingerprint density at radius 3 is 3.05 bits per heavy atom. The molecule has 0 saturated carbocycles. The van der Waals surface area contributed by atoms with Crippen LogP contribution in [0.4, 0.5) is 8.78 Å². The predicted octanol–water partition coefficient (Wildman–Crippen LogP) is 2.09. The van der Waals surface area contributed by atoms with Gasteiger partial charge in [-0.3, -0.25) is 4.90 Å². The summed E-state index contributed by atoms with van der Waals surface area (Å²) in [5.41, 5.74) is 0.343. The minimum atomic E-state index is -0.420. The normalized spacial score (nSPS) is 28.4. The molecule has 1 N–H and O–H groups in total. The third-order valence-corrected chi connectivity index (χ3v) is 4.39. The Morgan fingerprint density at radius 1 is 1.40 bits per heavy atom. The first-order chi connectivity index (χ1) is 9.69. The monoisotopic (exact) mass is 282 g/mol. The van der Waals surface area contributed by atoms with Gasteiger partial charge in [0.25, 0.3) is 0 Å². The van der Waals surface area contributed by atoms with Crippen molar-refractivity contribution in [1.82, 2.24) is 10.2 Å². The summed E-state index contributed by atoms with van der Waals surface area (Å²) in [6.07, 6.45) is 2.22. The van der Waals surface area contributed by atoms with Gasteiger partial charge in [-0.1, -0.05) is 0 Å². The lowest BCUT2D eigenvalue weighted by atomic mass is 9.98. The van der Waals surface area contributed by atoms with Crippen LogP contribution in [0.2, 0.25) is 0 Å². The fourth-order valence-corrected chi connectivity index (χ4v) is 3.34. The molecule has 110 valence electrons. The number of likely N-dealkylation sites (N-methyl/N-ethyl adjacent to an activating group) is 1. The molecule has 3 atom stereocenters. The number of halogens is 2. The maximum Gasteiger partial charge on any atom is 0.128 e. The molecule has 0 spiro atoms. The summed E-state index contributed by atoms with van der Waals surface area (Å²) in [6, 6.07) is 3.75. The molecule has 20 heavy (non-hydrogen) atoms. The summed E-state index contributed by atoms with van der Waals surface area (Å²) in [5, 5.41) is 3.08. The molecule has 0 amide bonds. The van der Waals surface area contributed by atoms with Gasteiger partial charge < -0.3 is 10.1 Å². The van der Waals surface area contributed by atoms with Crippen LogP contribution >= 0.6 is 0 Å². The number of hydrogen-bond acceptors (Lipinski definition) is 3. The van der Waals surface area contributed by atoms with Crippen molar-refractivity contribution in [2.45, 2.75) is 31.0 Å². The van der Waals surface area contributed by atoms with Crippen LogP contribution in [0.3, 0.4) is 0 Å². The average molecular weight is 282 g/mol. The van der Waals surface area contributed by atoms with E-state index in [2.05, 4.69) is 10.2 Å². The minimum Gasteiger partial charge on any atom is -0.373 e. The van der Waals surface area contributed by atoms with Gasteiger partial charge in [-0.15, -0.1) is 0 Å². The topological polar surface area (TPSA) is 24.5 Å². The fourth-order valence-electron chi connectivity index (χ4n) is 3.34. The van der Waals surface area contributed by atoms with Crippen molar-refractivity contribution in [2.24, 2.45) is 0 Å². The van der Waals surface area contributed by atoms with E-state index in [4.69, 9.17) is 4.74 Å². The second-order valence-corrected chi connectivity index (χ2v) is 5.59. The van der Waals surface area contributed by atoms with Crippen molar-refractivity contribution >= 4 is 0 Å². The number of hydrogen-bond donors (Lipinski definition) is 1. The summed E-state index contributed by atoms with van der Waals surface area (Å²) < 4.78 is 33.2. The largest absolute Gasteiger partial charge is 0.373 e. The van der Waals surface area contributed by atoms with E-state index in [0.29, 0.717) is 18.2 Å². The third kappa shape index (κ3) is 2.57. The van der Waals surface area contributed by atoms with Crippen LogP contribution in [0.5, 0.6) is 0 Å². The van der Waals surface area contributed by atoms with Gasteiger partial charge in [0.15, 0.2) is 0 Å². The van der Waals surface area contributed by atoms with Crippen molar-refractivity contribution in [3.63, 3.8) is 0 Å². The van der Waals surface area contributed by atoms with Crippen LogP contribution in [0, 0.1) is 11.6 Å².